The zero-order valence-corrected chi connectivity index (χ0v) is 20.0. The van der Waals surface area contributed by atoms with E-state index in [4.69, 9.17) is 0 Å². The molecule has 0 aliphatic carbocycles. The molecule has 40 heavy (non-hydrogen) atoms. The van der Waals surface area contributed by atoms with E-state index in [-0.39, 0.29) is 33.6 Å². The molecule has 3 aromatic carbocycles. The maximum absolute atomic E-state index is 11.4. The molecule has 198 valence electrons. The highest BCUT2D eigenvalue weighted by Gasteiger charge is 2.16. The van der Waals surface area contributed by atoms with Crippen LogP contribution in [-0.4, -0.2) is 74.3 Å². The normalized spacial score (nSPS) is 10.8. The summed E-state index contributed by atoms with van der Waals surface area (Å²) in [6.45, 7) is 0. The molecule has 0 spiro atoms. The van der Waals surface area contributed by atoms with E-state index in [9.17, 15) is 39.6 Å². The summed E-state index contributed by atoms with van der Waals surface area (Å²) in [6, 6.07) is 14.1. The molecule has 2 heterocycles. The van der Waals surface area contributed by atoms with Gasteiger partial charge in [0.25, 0.3) is 0 Å². The van der Waals surface area contributed by atoms with E-state index >= 15 is 0 Å². The molecule has 0 fully saturated rings. The molecule has 0 saturated carbocycles. The van der Waals surface area contributed by atoms with E-state index in [0.717, 1.165) is 12.1 Å². The van der Waals surface area contributed by atoms with Gasteiger partial charge in [-0.05, 0) is 42.5 Å². The fourth-order valence-corrected chi connectivity index (χ4v) is 3.86. The standard InChI is InChI=1S/C26H16N6O8/c33-23(34)15-5-16(24(35)36)8-19(7-15)31-11-21(27-29-31)13-2-1-3-14(4-13)22-12-32(30-28-22)20-9-17(25(37)38)6-18(10-20)26(39)40/h1-12H,(H,33,34)(H,35,36)(H,37,38)(H,39,40). The van der Waals surface area contributed by atoms with Crippen molar-refractivity contribution in [3.8, 4) is 33.9 Å². The number of carboxylic acids is 4. The van der Waals surface area contributed by atoms with Crippen molar-refractivity contribution in [2.75, 3.05) is 0 Å². The van der Waals surface area contributed by atoms with Crippen molar-refractivity contribution in [1.82, 2.24) is 30.0 Å². The Balaban J connectivity index is 1.47. The molecule has 5 rings (SSSR count). The van der Waals surface area contributed by atoms with Gasteiger partial charge >= 0.3 is 23.9 Å². The van der Waals surface area contributed by atoms with E-state index in [1.807, 2.05) is 0 Å². The molecule has 0 amide bonds. The lowest BCUT2D eigenvalue weighted by molar-refractivity contribution is 0.0676. The maximum Gasteiger partial charge on any atom is 0.335 e. The highest BCUT2D eigenvalue weighted by molar-refractivity contribution is 5.95. The number of aromatic nitrogens is 6. The minimum Gasteiger partial charge on any atom is -0.478 e. The van der Waals surface area contributed by atoms with E-state index in [0.29, 0.717) is 22.5 Å². The minimum absolute atomic E-state index is 0.194. The van der Waals surface area contributed by atoms with E-state index in [2.05, 4.69) is 20.6 Å². The Morgan fingerprint density at radius 3 is 1.20 bits per heavy atom. The number of aromatic carboxylic acids is 4. The van der Waals surface area contributed by atoms with Crippen LogP contribution in [0.25, 0.3) is 33.9 Å². The average Bonchev–Trinajstić information content (AvgIpc) is 3.63. The predicted octanol–water partition coefficient (Wildman–Crippen LogP) is 2.97. The van der Waals surface area contributed by atoms with Gasteiger partial charge in [-0.25, -0.2) is 28.5 Å². The van der Waals surface area contributed by atoms with Crippen LogP contribution in [0.3, 0.4) is 0 Å². The minimum atomic E-state index is -1.29. The summed E-state index contributed by atoms with van der Waals surface area (Å²) in [5.41, 5.74) is 1.50. The molecule has 14 nitrogen and oxygen atoms in total. The van der Waals surface area contributed by atoms with Crippen LogP contribution in [0.15, 0.2) is 73.1 Å². The van der Waals surface area contributed by atoms with E-state index in [1.54, 1.807) is 24.3 Å². The van der Waals surface area contributed by atoms with Crippen LogP contribution < -0.4 is 0 Å². The van der Waals surface area contributed by atoms with Gasteiger partial charge in [-0.1, -0.05) is 28.6 Å². The molecule has 2 aromatic heterocycles. The van der Waals surface area contributed by atoms with Crippen molar-refractivity contribution in [3.63, 3.8) is 0 Å². The third kappa shape index (κ3) is 4.99. The predicted molar refractivity (Wildman–Crippen MR) is 135 cm³/mol. The number of benzene rings is 3. The summed E-state index contributed by atoms with van der Waals surface area (Å²) in [7, 11) is 0. The van der Waals surface area contributed by atoms with E-state index in [1.165, 1.54) is 46.0 Å². The van der Waals surface area contributed by atoms with Crippen molar-refractivity contribution in [2.45, 2.75) is 0 Å². The first-order valence-electron chi connectivity index (χ1n) is 11.3. The van der Waals surface area contributed by atoms with Crippen molar-refractivity contribution in [1.29, 1.82) is 0 Å². The Hall–Kier alpha value is -6.18. The van der Waals surface area contributed by atoms with Gasteiger partial charge in [-0.2, -0.15) is 0 Å². The first-order valence-corrected chi connectivity index (χ1v) is 11.3. The first kappa shape index (κ1) is 25.5. The van der Waals surface area contributed by atoms with Gasteiger partial charge in [0.2, 0.25) is 0 Å². The molecular formula is C26H16N6O8. The third-order valence-electron chi connectivity index (χ3n) is 5.79. The lowest BCUT2D eigenvalue weighted by atomic mass is 10.1. The quantitative estimate of drug-likeness (QED) is 0.224. The summed E-state index contributed by atoms with van der Waals surface area (Å²) in [5, 5.41) is 53.6. The Bertz CT molecular complexity index is 1650. The van der Waals surface area contributed by atoms with Crippen molar-refractivity contribution < 1.29 is 39.6 Å². The van der Waals surface area contributed by atoms with Gasteiger partial charge in [-0.3, -0.25) is 0 Å². The van der Waals surface area contributed by atoms with Gasteiger partial charge in [-0.15, -0.1) is 10.2 Å². The van der Waals surface area contributed by atoms with E-state index < -0.39 is 23.9 Å². The number of nitrogens with zero attached hydrogens (tertiary/aromatic N) is 6. The highest BCUT2D eigenvalue weighted by atomic mass is 16.4. The molecule has 0 saturated heterocycles. The second-order valence-electron chi connectivity index (χ2n) is 8.44. The Labute approximate surface area is 223 Å². The molecule has 0 bridgehead atoms. The maximum atomic E-state index is 11.4. The SMILES string of the molecule is O=C(O)c1cc(C(=O)O)cc(-n2cc(-c3cccc(-c4cn(-c5cc(C(=O)O)cc(C(=O)O)c5)nn4)c3)nn2)c1. The van der Waals surface area contributed by atoms with Crippen LogP contribution in [-0.2, 0) is 0 Å². The number of rotatable bonds is 8. The largest absolute Gasteiger partial charge is 0.478 e. The number of carboxylic acid groups (broad SMARTS) is 4. The molecule has 0 unspecified atom stereocenters. The fourth-order valence-electron chi connectivity index (χ4n) is 3.86. The summed E-state index contributed by atoms with van der Waals surface area (Å²) < 4.78 is 2.51. The van der Waals surface area contributed by atoms with Crippen LogP contribution in [0.1, 0.15) is 41.4 Å². The molecule has 5 aromatic rings. The zero-order chi connectivity index (χ0) is 28.6. The number of hydrogen-bond donors (Lipinski definition) is 4. The molecular weight excluding hydrogens is 524 g/mol. The summed E-state index contributed by atoms with van der Waals surface area (Å²) in [4.78, 5) is 45.8. The van der Waals surface area contributed by atoms with Gasteiger partial charge in [0.1, 0.15) is 11.4 Å². The molecule has 0 atom stereocenters. The van der Waals surface area contributed by atoms with Gasteiger partial charge in [0, 0.05) is 11.1 Å². The molecule has 14 heteroatoms. The van der Waals surface area contributed by atoms with Crippen LogP contribution >= 0.6 is 0 Å². The van der Waals surface area contributed by atoms with Crippen molar-refractivity contribution in [2.24, 2.45) is 0 Å². The summed E-state index contributed by atoms with van der Waals surface area (Å²) >= 11 is 0. The Morgan fingerprint density at radius 1 is 0.525 bits per heavy atom. The van der Waals surface area contributed by atoms with Crippen molar-refractivity contribution in [3.05, 3.63) is 95.3 Å². The third-order valence-corrected chi connectivity index (χ3v) is 5.79. The molecule has 0 aliphatic heterocycles. The lowest BCUT2D eigenvalue weighted by Gasteiger charge is -2.05. The van der Waals surface area contributed by atoms with Crippen molar-refractivity contribution >= 4 is 23.9 Å². The topological polar surface area (TPSA) is 211 Å². The lowest BCUT2D eigenvalue weighted by Crippen LogP contribution is -2.06. The Morgan fingerprint density at radius 2 is 0.875 bits per heavy atom. The Kier molecular flexibility index (Phi) is 6.33. The average molecular weight is 540 g/mol. The monoisotopic (exact) mass is 540 g/mol. The number of carbonyl (C=O) groups is 4. The first-order chi connectivity index (χ1) is 19.1. The van der Waals surface area contributed by atoms with Gasteiger partial charge in [0.05, 0.1) is 46.0 Å². The van der Waals surface area contributed by atoms with Gasteiger partial charge < -0.3 is 20.4 Å². The number of hydrogen-bond acceptors (Lipinski definition) is 8. The fraction of sp³-hybridized carbons (Fsp3) is 0. The van der Waals surface area contributed by atoms with Crippen LogP contribution in [0, 0.1) is 0 Å². The summed E-state index contributed by atoms with van der Waals surface area (Å²) in [5.74, 6) is -5.17. The summed E-state index contributed by atoms with van der Waals surface area (Å²) in [6.07, 6.45) is 3.01. The van der Waals surface area contributed by atoms with Crippen LogP contribution in [0.4, 0.5) is 0 Å². The molecule has 0 aliphatic rings. The second kappa shape index (κ2) is 9.94. The molecule has 0 radical (unpaired) electrons. The van der Waals surface area contributed by atoms with Crippen LogP contribution in [0.5, 0.6) is 0 Å². The zero-order valence-electron chi connectivity index (χ0n) is 20.0. The van der Waals surface area contributed by atoms with Crippen LogP contribution in [0.2, 0.25) is 0 Å². The highest BCUT2D eigenvalue weighted by Crippen LogP contribution is 2.26. The smallest absolute Gasteiger partial charge is 0.335 e. The molecule has 4 N–H and O–H groups in total. The van der Waals surface area contributed by atoms with Gasteiger partial charge in [0.15, 0.2) is 0 Å². The second-order valence-corrected chi connectivity index (χ2v) is 8.44.